The zero-order valence-electron chi connectivity index (χ0n) is 45.2. The van der Waals surface area contributed by atoms with Gasteiger partial charge in [0.2, 0.25) is 0 Å². The van der Waals surface area contributed by atoms with E-state index in [9.17, 15) is 0 Å². The van der Waals surface area contributed by atoms with Crippen LogP contribution in [0, 0.1) is 12.8 Å². The Kier molecular flexibility index (Phi) is 18.8. The SMILES string of the molecule is C=CC1=C(C2=C(C)C=CCC=C2)CCC2=C1c1cc(-c3ccc(Nc4ccccc4)c(C(=C)/C=C(\C=C/C)C/C=C4CC(C)C(/C=C\C)=C(C=C)C/4=C/C)c3)cc(C)c1C2(C)C.CC.CC1=CCCC=C1. The average Bonchev–Trinajstić information content (AvgIpc) is 3.45. The second kappa shape index (κ2) is 24.9. The van der Waals surface area contributed by atoms with Crippen molar-refractivity contribution in [2.45, 2.75) is 127 Å². The van der Waals surface area contributed by atoms with Crippen molar-refractivity contribution in [3.63, 3.8) is 0 Å². The molecule has 0 amide bonds. The number of aryl methyl sites for hydroxylation is 1. The molecule has 0 aliphatic heterocycles. The predicted molar refractivity (Wildman–Crippen MR) is 316 cm³/mol. The minimum absolute atomic E-state index is 0.0658. The Labute approximate surface area is 430 Å². The van der Waals surface area contributed by atoms with Crippen LogP contribution in [0.25, 0.3) is 22.3 Å². The van der Waals surface area contributed by atoms with Crippen LogP contribution in [0.2, 0.25) is 0 Å². The number of anilines is 2. The van der Waals surface area contributed by atoms with E-state index in [0.29, 0.717) is 5.92 Å². The Morgan fingerprint density at radius 3 is 2.21 bits per heavy atom. The molecule has 366 valence electrons. The molecule has 0 saturated carbocycles. The number of hydrogen-bond acceptors (Lipinski definition) is 1. The van der Waals surface area contributed by atoms with E-state index in [1.807, 2.05) is 19.9 Å². The van der Waals surface area contributed by atoms with Crippen molar-refractivity contribution in [1.82, 2.24) is 0 Å². The molecule has 71 heavy (non-hydrogen) atoms. The molecule has 1 nitrogen and oxygen atoms in total. The van der Waals surface area contributed by atoms with Crippen LogP contribution in [0.3, 0.4) is 0 Å². The fourth-order valence-electron chi connectivity index (χ4n) is 11.3. The van der Waals surface area contributed by atoms with Gasteiger partial charge in [0.05, 0.1) is 0 Å². The van der Waals surface area contributed by atoms with Gasteiger partial charge in [0.25, 0.3) is 0 Å². The van der Waals surface area contributed by atoms with Crippen LogP contribution in [0.5, 0.6) is 0 Å². The van der Waals surface area contributed by atoms with Crippen molar-refractivity contribution in [2.24, 2.45) is 5.92 Å². The first kappa shape index (κ1) is 53.6. The summed E-state index contributed by atoms with van der Waals surface area (Å²) in [7, 11) is 0. The topological polar surface area (TPSA) is 12.0 Å². The maximum atomic E-state index is 4.76. The van der Waals surface area contributed by atoms with Gasteiger partial charge in [0.15, 0.2) is 0 Å². The Bertz CT molecular complexity index is 2930. The normalized spacial score (nSPS) is 19.6. The van der Waals surface area contributed by atoms with Crippen molar-refractivity contribution in [1.29, 1.82) is 0 Å². The highest BCUT2D eigenvalue weighted by Gasteiger charge is 2.42. The summed E-state index contributed by atoms with van der Waals surface area (Å²) in [4.78, 5) is 0. The third kappa shape index (κ3) is 12.1. The lowest BCUT2D eigenvalue weighted by molar-refractivity contribution is 0.600. The highest BCUT2D eigenvalue weighted by atomic mass is 14.9. The standard InChI is InChI=1S/C61H65N.C7H10.C2H6/c1-12-23-44(29-30-46-36-42(8)52(24-13-2)50(15-4)49(46)14-3)35-41(7)55-38-45(31-34-58(55)62-48-26-20-18-21-27-48)47-37-43(9)60-56(39-47)59-51(16-5)54(32-33-57(59)61(60,10)11)53-28-22-17-19-25-40(53)6;1-7-5-3-2-4-6-7;1-2/h12-16,18-28,30-31,34-35,37-39,42,62H,4-5,7,17,29,32-33,36H2,1-3,6,8-11H3;3,5-6H,2,4H2,1H3;1-2H3/b23-12-,24-13-,44-35+,46-30-,49-14+;;. The minimum atomic E-state index is -0.0658. The van der Waals surface area contributed by atoms with Crippen molar-refractivity contribution < 1.29 is 0 Å². The zero-order valence-corrected chi connectivity index (χ0v) is 45.2. The lowest BCUT2D eigenvalue weighted by Crippen LogP contribution is -2.20. The van der Waals surface area contributed by atoms with E-state index in [-0.39, 0.29) is 5.41 Å². The number of rotatable bonds is 12. The van der Waals surface area contributed by atoms with Crippen molar-refractivity contribution >= 4 is 22.5 Å². The molecule has 0 spiro atoms. The van der Waals surface area contributed by atoms with Gasteiger partial charge in [-0.05, 0) is 212 Å². The molecule has 0 heterocycles. The van der Waals surface area contributed by atoms with E-state index in [1.54, 1.807) is 0 Å². The predicted octanol–water partition coefficient (Wildman–Crippen LogP) is 20.7. The summed E-state index contributed by atoms with van der Waals surface area (Å²) in [5, 5.41) is 3.74. The van der Waals surface area contributed by atoms with Gasteiger partial charge in [-0.15, -0.1) is 0 Å². The van der Waals surface area contributed by atoms with E-state index in [2.05, 4.69) is 233 Å². The lowest BCUT2D eigenvalue weighted by atomic mass is 9.74. The average molecular weight is 936 g/mol. The number of para-hydroxylation sites is 1. The fourth-order valence-corrected chi connectivity index (χ4v) is 11.3. The summed E-state index contributed by atoms with van der Waals surface area (Å²) in [6.07, 6.45) is 43.0. The van der Waals surface area contributed by atoms with Crippen LogP contribution in [-0.2, 0) is 5.41 Å². The van der Waals surface area contributed by atoms with Gasteiger partial charge in [0.1, 0.15) is 0 Å². The fraction of sp³-hybridized carbons (Fsp3) is 0.286. The Morgan fingerprint density at radius 2 is 1.56 bits per heavy atom. The Hall–Kier alpha value is -6.70. The van der Waals surface area contributed by atoms with Crippen LogP contribution in [0.4, 0.5) is 11.4 Å². The second-order valence-corrected chi connectivity index (χ2v) is 19.7. The first-order valence-corrected chi connectivity index (χ1v) is 26.3. The molecule has 0 radical (unpaired) electrons. The molecule has 0 fully saturated rings. The molecule has 1 heteroatoms. The molecule has 1 N–H and O–H groups in total. The largest absolute Gasteiger partial charge is 0.355 e. The number of hydrogen-bond donors (Lipinski definition) is 1. The lowest BCUT2D eigenvalue weighted by Gasteiger charge is -2.30. The number of fused-ring (bicyclic) bond motifs is 2. The van der Waals surface area contributed by atoms with Crippen molar-refractivity contribution in [3.05, 3.63) is 261 Å². The number of benzene rings is 3. The zero-order chi connectivity index (χ0) is 51.2. The number of allylic oxidation sites excluding steroid dienone is 29. The molecule has 8 rings (SSSR count). The molecule has 0 aromatic heterocycles. The quantitative estimate of drug-likeness (QED) is 0.178. The molecule has 0 saturated heterocycles. The van der Waals surface area contributed by atoms with E-state index in [0.717, 1.165) is 54.6 Å². The van der Waals surface area contributed by atoms with Crippen LogP contribution < -0.4 is 5.32 Å². The van der Waals surface area contributed by atoms with Crippen LogP contribution in [0.15, 0.2) is 239 Å². The van der Waals surface area contributed by atoms with Gasteiger partial charge in [-0.25, -0.2) is 0 Å². The van der Waals surface area contributed by atoms with Gasteiger partial charge < -0.3 is 5.32 Å². The summed E-state index contributed by atoms with van der Waals surface area (Å²) in [6, 6.07) is 22.1. The van der Waals surface area contributed by atoms with E-state index >= 15 is 0 Å². The van der Waals surface area contributed by atoms with Crippen LogP contribution >= 0.6 is 0 Å². The van der Waals surface area contributed by atoms with Gasteiger partial charge in [-0.2, -0.15) is 0 Å². The minimum Gasteiger partial charge on any atom is -0.355 e. The number of nitrogens with one attached hydrogen (secondary N) is 1. The molecular weight excluding hydrogens is 855 g/mol. The van der Waals surface area contributed by atoms with Gasteiger partial charge >= 0.3 is 0 Å². The molecule has 1 unspecified atom stereocenters. The monoisotopic (exact) mass is 936 g/mol. The Balaban J connectivity index is 0.000000834. The summed E-state index contributed by atoms with van der Waals surface area (Å²) < 4.78 is 0. The molecule has 0 bridgehead atoms. The first-order chi connectivity index (χ1) is 34.3. The maximum Gasteiger partial charge on any atom is 0.0464 e. The van der Waals surface area contributed by atoms with Gasteiger partial charge in [-0.1, -0.05) is 193 Å². The first-order valence-electron chi connectivity index (χ1n) is 26.3. The van der Waals surface area contributed by atoms with E-state index < -0.39 is 0 Å². The third-order valence-electron chi connectivity index (χ3n) is 14.5. The summed E-state index contributed by atoms with van der Waals surface area (Å²) >= 11 is 0. The Morgan fingerprint density at radius 1 is 0.817 bits per heavy atom. The van der Waals surface area contributed by atoms with Crippen LogP contribution in [-0.4, -0.2) is 0 Å². The molecule has 5 aliphatic carbocycles. The molecule has 1 atom stereocenters. The maximum absolute atomic E-state index is 4.76. The molecule has 3 aromatic carbocycles. The summed E-state index contributed by atoms with van der Waals surface area (Å²) in [5.74, 6) is 0.418. The van der Waals surface area contributed by atoms with Gasteiger partial charge in [-0.3, -0.25) is 0 Å². The third-order valence-corrected chi connectivity index (χ3v) is 14.5. The molecule has 5 aliphatic rings. The molecular formula is C70H81N. The highest BCUT2D eigenvalue weighted by molar-refractivity contribution is 5.96. The van der Waals surface area contributed by atoms with Crippen LogP contribution in [0.1, 0.15) is 136 Å². The van der Waals surface area contributed by atoms with Crippen molar-refractivity contribution in [3.8, 4) is 11.1 Å². The highest BCUT2D eigenvalue weighted by Crippen LogP contribution is 2.56. The van der Waals surface area contributed by atoms with E-state index in [1.165, 1.54) is 108 Å². The summed E-state index contributed by atoms with van der Waals surface area (Å²) in [5.41, 5.74) is 26.7. The summed E-state index contributed by atoms with van der Waals surface area (Å²) in [6.45, 7) is 37.6. The second-order valence-electron chi connectivity index (χ2n) is 19.7. The molecule has 3 aromatic rings. The smallest absolute Gasteiger partial charge is 0.0464 e. The van der Waals surface area contributed by atoms with Crippen molar-refractivity contribution in [2.75, 3.05) is 5.32 Å². The van der Waals surface area contributed by atoms with Gasteiger partial charge in [0, 0.05) is 22.4 Å². The van der Waals surface area contributed by atoms with E-state index in [4.69, 9.17) is 6.58 Å².